The fraction of sp³-hybridized carbons (Fsp3) is 0.136. The lowest BCUT2D eigenvalue weighted by Crippen LogP contribution is -2.18. The summed E-state index contributed by atoms with van der Waals surface area (Å²) in [6, 6.07) is 19.2. The molecule has 1 N–H and O–H groups in total. The second kappa shape index (κ2) is 8.02. The number of rotatable bonds is 6. The van der Waals surface area contributed by atoms with Crippen LogP contribution in [0.5, 0.6) is 11.5 Å². The minimum Gasteiger partial charge on any atom is -0.457 e. The smallest absolute Gasteiger partial charge is 0.302 e. The molecule has 0 unspecified atom stereocenters. The first kappa shape index (κ1) is 18.5. The summed E-state index contributed by atoms with van der Waals surface area (Å²) < 4.78 is 11.9. The van der Waals surface area contributed by atoms with E-state index in [1.807, 2.05) is 54.3 Å². The molecular weight excluding hydrogens is 368 g/mol. The van der Waals surface area contributed by atoms with Gasteiger partial charge in [0.05, 0.1) is 0 Å². The van der Waals surface area contributed by atoms with Crippen molar-refractivity contribution < 1.29 is 13.9 Å². The van der Waals surface area contributed by atoms with Crippen LogP contribution in [0.3, 0.4) is 0 Å². The largest absolute Gasteiger partial charge is 0.457 e. The van der Waals surface area contributed by atoms with Crippen molar-refractivity contribution in [3.8, 4) is 11.5 Å². The Kier molecular flexibility index (Phi) is 5.11. The molecule has 0 fully saturated rings. The summed E-state index contributed by atoms with van der Waals surface area (Å²) in [5.41, 5.74) is 2.65. The topological polar surface area (TPSA) is 80.5 Å². The number of hydrogen-bond acceptors (Lipinski definition) is 6. The van der Waals surface area contributed by atoms with Crippen molar-refractivity contribution in [2.45, 2.75) is 6.92 Å². The summed E-state index contributed by atoms with van der Waals surface area (Å²) in [5, 5.41) is 2.54. The average Bonchev–Trinajstić information content (AvgIpc) is 3.17. The lowest BCUT2D eigenvalue weighted by atomic mass is 10.3. The number of benzene rings is 2. The van der Waals surface area contributed by atoms with E-state index in [1.165, 1.54) is 6.20 Å². The standard InChI is InChI=1S/C22H20N4O3/c1-3-26(15-7-5-4-6-8-15)22-25-18-10-9-16(14-20(18)29-22)28-17-11-12-24-19(13-17)21(27)23-2/h4-14H,3H2,1-2H3,(H,23,27). The van der Waals surface area contributed by atoms with E-state index in [2.05, 4.69) is 15.3 Å². The Hall–Kier alpha value is -3.87. The number of pyridine rings is 1. The van der Waals surface area contributed by atoms with E-state index < -0.39 is 0 Å². The molecule has 0 bridgehead atoms. The van der Waals surface area contributed by atoms with Crippen molar-refractivity contribution in [2.75, 3.05) is 18.5 Å². The van der Waals surface area contributed by atoms with Crippen LogP contribution in [-0.4, -0.2) is 29.5 Å². The lowest BCUT2D eigenvalue weighted by Gasteiger charge is -2.18. The van der Waals surface area contributed by atoms with Crippen LogP contribution in [0.2, 0.25) is 0 Å². The summed E-state index contributed by atoms with van der Waals surface area (Å²) in [6.45, 7) is 2.77. The van der Waals surface area contributed by atoms with Crippen molar-refractivity contribution in [1.82, 2.24) is 15.3 Å². The maximum atomic E-state index is 11.7. The van der Waals surface area contributed by atoms with Crippen LogP contribution >= 0.6 is 0 Å². The second-order valence-electron chi connectivity index (χ2n) is 6.26. The van der Waals surface area contributed by atoms with Crippen molar-refractivity contribution in [1.29, 1.82) is 0 Å². The monoisotopic (exact) mass is 388 g/mol. The molecule has 0 aliphatic rings. The molecule has 2 aromatic heterocycles. The van der Waals surface area contributed by atoms with Gasteiger partial charge in [0, 0.05) is 37.6 Å². The van der Waals surface area contributed by atoms with Crippen LogP contribution in [-0.2, 0) is 0 Å². The summed E-state index contributed by atoms with van der Waals surface area (Å²) in [7, 11) is 1.56. The second-order valence-corrected chi connectivity index (χ2v) is 6.26. The first-order chi connectivity index (χ1) is 14.2. The SMILES string of the molecule is CCN(c1ccccc1)c1nc2ccc(Oc3ccnc(C(=O)NC)c3)cc2o1. The van der Waals surface area contributed by atoms with Crippen molar-refractivity contribution in [3.05, 3.63) is 72.6 Å². The van der Waals surface area contributed by atoms with Gasteiger partial charge in [0.1, 0.15) is 22.7 Å². The highest BCUT2D eigenvalue weighted by atomic mass is 16.5. The third-order valence-corrected chi connectivity index (χ3v) is 4.39. The van der Waals surface area contributed by atoms with Gasteiger partial charge >= 0.3 is 6.01 Å². The van der Waals surface area contributed by atoms with Crippen LogP contribution < -0.4 is 15.0 Å². The van der Waals surface area contributed by atoms with E-state index in [-0.39, 0.29) is 11.6 Å². The van der Waals surface area contributed by atoms with E-state index in [0.717, 1.165) is 17.7 Å². The predicted octanol–water partition coefficient (Wildman–Crippen LogP) is 4.53. The van der Waals surface area contributed by atoms with Crippen LogP contribution in [0.15, 0.2) is 71.3 Å². The van der Waals surface area contributed by atoms with Gasteiger partial charge in [-0.2, -0.15) is 4.98 Å². The maximum absolute atomic E-state index is 11.7. The Bertz CT molecular complexity index is 1140. The molecule has 4 rings (SSSR count). The molecule has 29 heavy (non-hydrogen) atoms. The maximum Gasteiger partial charge on any atom is 0.302 e. The Labute approximate surface area is 168 Å². The van der Waals surface area contributed by atoms with Gasteiger partial charge in [-0.1, -0.05) is 18.2 Å². The molecular formula is C22H20N4O3. The molecule has 4 aromatic rings. The van der Waals surface area contributed by atoms with Gasteiger partial charge in [0.15, 0.2) is 5.58 Å². The number of para-hydroxylation sites is 1. The van der Waals surface area contributed by atoms with Crippen LogP contribution in [0.4, 0.5) is 11.7 Å². The number of oxazole rings is 1. The summed E-state index contributed by atoms with van der Waals surface area (Å²) >= 11 is 0. The highest BCUT2D eigenvalue weighted by Crippen LogP contribution is 2.31. The fourth-order valence-electron chi connectivity index (χ4n) is 2.97. The van der Waals surface area contributed by atoms with E-state index in [9.17, 15) is 4.79 Å². The number of carbonyl (C=O) groups excluding carboxylic acids is 1. The Balaban J connectivity index is 1.61. The van der Waals surface area contributed by atoms with Gasteiger partial charge < -0.3 is 14.5 Å². The van der Waals surface area contributed by atoms with Crippen molar-refractivity contribution in [2.24, 2.45) is 0 Å². The number of anilines is 2. The number of hydrogen-bond donors (Lipinski definition) is 1. The van der Waals surface area contributed by atoms with Gasteiger partial charge in [-0.3, -0.25) is 14.7 Å². The molecule has 1 amide bonds. The summed E-state index contributed by atoms with van der Waals surface area (Å²) in [6.07, 6.45) is 1.53. The number of fused-ring (bicyclic) bond motifs is 1. The van der Waals surface area contributed by atoms with Crippen LogP contribution in [0.25, 0.3) is 11.1 Å². The van der Waals surface area contributed by atoms with Crippen molar-refractivity contribution >= 4 is 28.7 Å². The van der Waals surface area contributed by atoms with E-state index in [4.69, 9.17) is 9.15 Å². The number of ether oxygens (including phenoxy) is 1. The summed E-state index contributed by atoms with van der Waals surface area (Å²) in [5.74, 6) is 0.820. The van der Waals surface area contributed by atoms with Crippen molar-refractivity contribution in [3.63, 3.8) is 0 Å². The zero-order valence-corrected chi connectivity index (χ0v) is 16.1. The van der Waals surface area contributed by atoms with Crippen LogP contribution in [0.1, 0.15) is 17.4 Å². The summed E-state index contributed by atoms with van der Waals surface area (Å²) in [4.78, 5) is 22.4. The normalized spacial score (nSPS) is 10.7. The minimum atomic E-state index is -0.272. The molecule has 0 spiro atoms. The van der Waals surface area contributed by atoms with Crippen LogP contribution in [0, 0.1) is 0 Å². The van der Waals surface area contributed by atoms with Gasteiger partial charge in [-0.05, 0) is 37.3 Å². The Morgan fingerprint density at radius 1 is 1.10 bits per heavy atom. The number of carbonyl (C=O) groups is 1. The number of aromatic nitrogens is 2. The first-order valence-electron chi connectivity index (χ1n) is 9.27. The van der Waals surface area contributed by atoms with E-state index in [1.54, 1.807) is 25.2 Å². The molecule has 2 aromatic carbocycles. The molecule has 0 saturated carbocycles. The molecule has 0 atom stereocenters. The molecule has 0 aliphatic heterocycles. The molecule has 0 radical (unpaired) electrons. The first-order valence-corrected chi connectivity index (χ1v) is 9.27. The zero-order valence-electron chi connectivity index (χ0n) is 16.1. The molecule has 0 saturated heterocycles. The number of nitrogens with zero attached hydrogens (tertiary/aromatic N) is 3. The highest BCUT2D eigenvalue weighted by Gasteiger charge is 2.15. The molecule has 146 valence electrons. The molecule has 0 aliphatic carbocycles. The van der Waals surface area contributed by atoms with E-state index >= 15 is 0 Å². The molecule has 7 heteroatoms. The fourth-order valence-corrected chi connectivity index (χ4v) is 2.97. The minimum absolute atomic E-state index is 0.272. The number of nitrogens with one attached hydrogen (secondary N) is 1. The quantitative estimate of drug-likeness (QED) is 0.523. The third-order valence-electron chi connectivity index (χ3n) is 4.39. The van der Waals surface area contributed by atoms with E-state index in [0.29, 0.717) is 23.1 Å². The molecule has 7 nitrogen and oxygen atoms in total. The van der Waals surface area contributed by atoms with Gasteiger partial charge in [-0.15, -0.1) is 0 Å². The third kappa shape index (κ3) is 3.89. The highest BCUT2D eigenvalue weighted by molar-refractivity contribution is 5.92. The van der Waals surface area contributed by atoms with Gasteiger partial charge in [-0.25, -0.2) is 0 Å². The zero-order chi connectivity index (χ0) is 20.2. The average molecular weight is 388 g/mol. The predicted molar refractivity (Wildman–Crippen MR) is 111 cm³/mol. The lowest BCUT2D eigenvalue weighted by molar-refractivity contribution is 0.0958. The van der Waals surface area contributed by atoms with Gasteiger partial charge in [0.25, 0.3) is 5.91 Å². The molecule has 2 heterocycles. The number of amides is 1. The Morgan fingerprint density at radius 3 is 2.66 bits per heavy atom. The van der Waals surface area contributed by atoms with Gasteiger partial charge in [0.2, 0.25) is 0 Å². The Morgan fingerprint density at radius 2 is 1.90 bits per heavy atom.